The first-order chi connectivity index (χ1) is 8.99. The van der Waals surface area contributed by atoms with Gasteiger partial charge < -0.3 is 9.84 Å². The molecule has 1 aromatic rings. The molecule has 6 heteroatoms. The monoisotopic (exact) mass is 286 g/mol. The van der Waals surface area contributed by atoms with Gasteiger partial charge in [-0.3, -0.25) is 4.79 Å². The number of benzene rings is 1. The molecule has 0 radical (unpaired) electrons. The van der Waals surface area contributed by atoms with Gasteiger partial charge in [0.05, 0.1) is 24.5 Å². The van der Waals surface area contributed by atoms with Crippen LogP contribution in [0.2, 0.25) is 0 Å². The molecule has 1 rings (SSSR count). The van der Waals surface area contributed by atoms with Crippen molar-refractivity contribution in [3.05, 3.63) is 30.3 Å². The van der Waals surface area contributed by atoms with Gasteiger partial charge in [-0.05, 0) is 25.0 Å². The Morgan fingerprint density at radius 2 is 1.79 bits per heavy atom. The molecule has 5 nitrogen and oxygen atoms in total. The van der Waals surface area contributed by atoms with Gasteiger partial charge in [0.2, 0.25) is 0 Å². The summed E-state index contributed by atoms with van der Waals surface area (Å²) in [5, 5.41) is 8.43. The maximum absolute atomic E-state index is 11.5. The number of sulfone groups is 1. The minimum absolute atomic E-state index is 0.0123. The van der Waals surface area contributed by atoms with Gasteiger partial charge in [-0.15, -0.1) is 0 Å². The first kappa shape index (κ1) is 15.5. The molecule has 0 saturated heterocycles. The lowest BCUT2D eigenvalue weighted by molar-refractivity contribution is -0.136. The van der Waals surface area contributed by atoms with Gasteiger partial charge in [0.25, 0.3) is 0 Å². The molecule has 1 aromatic carbocycles. The Hall–Kier alpha value is -1.56. The van der Waals surface area contributed by atoms with Gasteiger partial charge in [-0.1, -0.05) is 18.2 Å². The maximum Gasteiger partial charge on any atom is 0.304 e. The number of hydrogen-bond donors (Lipinski definition) is 1. The number of rotatable bonds is 9. The molecule has 19 heavy (non-hydrogen) atoms. The number of hydrogen-bond acceptors (Lipinski definition) is 4. The number of carboxylic acids is 1. The van der Waals surface area contributed by atoms with Gasteiger partial charge >= 0.3 is 5.97 Å². The van der Waals surface area contributed by atoms with E-state index in [-0.39, 0.29) is 17.9 Å². The summed E-state index contributed by atoms with van der Waals surface area (Å²) in [6.45, 7) is 0.457. The summed E-state index contributed by atoms with van der Waals surface area (Å²) < 4.78 is 28.4. The van der Waals surface area contributed by atoms with E-state index in [1.54, 1.807) is 0 Å². The third-order valence-corrected chi connectivity index (χ3v) is 4.23. The summed E-state index contributed by atoms with van der Waals surface area (Å²) in [6.07, 6.45) is 0.777. The number of aliphatic carboxylic acids is 1. The van der Waals surface area contributed by atoms with E-state index >= 15 is 0 Å². The fraction of sp³-hybridized carbons (Fsp3) is 0.462. The standard InChI is InChI=1S/C13H18O5S/c14-13(15)8-11-19(16,17)10-5-4-9-18-12-6-2-1-3-7-12/h1-3,6-7H,4-5,8-11H2,(H,14,15). The van der Waals surface area contributed by atoms with E-state index in [0.717, 1.165) is 5.75 Å². The Bertz CT molecular complexity index is 481. The smallest absolute Gasteiger partial charge is 0.304 e. The molecule has 0 amide bonds. The average molecular weight is 286 g/mol. The third kappa shape index (κ3) is 7.46. The molecule has 0 spiro atoms. The largest absolute Gasteiger partial charge is 0.494 e. The summed E-state index contributed by atoms with van der Waals surface area (Å²) in [4.78, 5) is 10.3. The first-order valence-electron chi connectivity index (χ1n) is 6.10. The van der Waals surface area contributed by atoms with E-state index in [1.165, 1.54) is 0 Å². The maximum atomic E-state index is 11.5. The van der Waals surface area contributed by atoms with Crippen molar-refractivity contribution in [1.82, 2.24) is 0 Å². The molecule has 1 N–H and O–H groups in total. The zero-order valence-electron chi connectivity index (χ0n) is 10.6. The van der Waals surface area contributed by atoms with Crippen molar-refractivity contribution in [2.75, 3.05) is 18.1 Å². The van der Waals surface area contributed by atoms with Gasteiger partial charge in [0.1, 0.15) is 5.75 Å². The Morgan fingerprint density at radius 3 is 2.42 bits per heavy atom. The van der Waals surface area contributed by atoms with Crippen LogP contribution in [0.1, 0.15) is 19.3 Å². The topological polar surface area (TPSA) is 80.7 Å². The molecule has 0 unspecified atom stereocenters. The minimum Gasteiger partial charge on any atom is -0.494 e. The molecule has 0 aliphatic heterocycles. The Labute approximate surface area is 113 Å². The lowest BCUT2D eigenvalue weighted by Crippen LogP contribution is -2.14. The van der Waals surface area contributed by atoms with E-state index in [1.807, 2.05) is 30.3 Å². The van der Waals surface area contributed by atoms with E-state index in [9.17, 15) is 13.2 Å². The predicted molar refractivity (Wildman–Crippen MR) is 72.1 cm³/mol. The first-order valence-corrected chi connectivity index (χ1v) is 7.92. The fourth-order valence-corrected chi connectivity index (χ4v) is 2.81. The predicted octanol–water partition coefficient (Wildman–Crippen LogP) is 1.74. The van der Waals surface area contributed by atoms with Crippen molar-refractivity contribution in [3.63, 3.8) is 0 Å². The lowest BCUT2D eigenvalue weighted by atomic mass is 10.3. The molecular weight excluding hydrogens is 268 g/mol. The highest BCUT2D eigenvalue weighted by Gasteiger charge is 2.12. The van der Waals surface area contributed by atoms with E-state index < -0.39 is 15.8 Å². The molecule has 0 bridgehead atoms. The molecule has 0 atom stereocenters. The number of para-hydroxylation sites is 1. The molecule has 0 aliphatic rings. The molecular formula is C13H18O5S. The highest BCUT2D eigenvalue weighted by atomic mass is 32.2. The molecule has 106 valence electrons. The SMILES string of the molecule is O=C(O)CCS(=O)(=O)CCCCOc1ccccc1. The molecule has 0 saturated carbocycles. The molecule has 0 fully saturated rings. The van der Waals surface area contributed by atoms with Crippen LogP contribution < -0.4 is 4.74 Å². The summed E-state index contributed by atoms with van der Waals surface area (Å²) in [7, 11) is -3.26. The highest BCUT2D eigenvalue weighted by Crippen LogP contribution is 2.09. The van der Waals surface area contributed by atoms with Gasteiger partial charge in [0, 0.05) is 0 Å². The van der Waals surface area contributed by atoms with Gasteiger partial charge in [-0.2, -0.15) is 0 Å². The van der Waals surface area contributed by atoms with Crippen molar-refractivity contribution in [3.8, 4) is 5.75 Å². The second-order valence-corrected chi connectivity index (χ2v) is 6.47. The summed E-state index contributed by atoms with van der Waals surface area (Å²) in [6, 6.07) is 9.30. The van der Waals surface area contributed by atoms with Crippen LogP contribution in [-0.4, -0.2) is 37.6 Å². The number of carboxylic acid groups (broad SMARTS) is 1. The van der Waals surface area contributed by atoms with Crippen molar-refractivity contribution < 1.29 is 23.1 Å². The Morgan fingerprint density at radius 1 is 1.11 bits per heavy atom. The Kier molecular flexibility index (Phi) is 6.35. The zero-order valence-corrected chi connectivity index (χ0v) is 11.4. The highest BCUT2D eigenvalue weighted by molar-refractivity contribution is 7.91. The van der Waals surface area contributed by atoms with Crippen LogP contribution in [0.25, 0.3) is 0 Å². The van der Waals surface area contributed by atoms with Crippen molar-refractivity contribution in [2.24, 2.45) is 0 Å². The van der Waals surface area contributed by atoms with E-state index in [2.05, 4.69) is 0 Å². The number of ether oxygens (including phenoxy) is 1. The van der Waals surface area contributed by atoms with E-state index in [0.29, 0.717) is 19.4 Å². The van der Waals surface area contributed by atoms with Crippen molar-refractivity contribution in [2.45, 2.75) is 19.3 Å². The quantitative estimate of drug-likeness (QED) is 0.699. The van der Waals surface area contributed by atoms with Crippen LogP contribution in [-0.2, 0) is 14.6 Å². The molecule has 0 heterocycles. The normalized spacial score (nSPS) is 11.2. The average Bonchev–Trinajstić information content (AvgIpc) is 2.37. The van der Waals surface area contributed by atoms with Gasteiger partial charge in [-0.25, -0.2) is 8.42 Å². The second-order valence-electron chi connectivity index (χ2n) is 4.16. The molecule has 0 aliphatic carbocycles. The number of unbranched alkanes of at least 4 members (excludes halogenated alkanes) is 1. The second kappa shape index (κ2) is 7.78. The van der Waals surface area contributed by atoms with Crippen molar-refractivity contribution in [1.29, 1.82) is 0 Å². The summed E-state index contributed by atoms with van der Waals surface area (Å²) in [5.74, 6) is -0.604. The summed E-state index contributed by atoms with van der Waals surface area (Å²) >= 11 is 0. The fourth-order valence-electron chi connectivity index (χ4n) is 1.48. The lowest BCUT2D eigenvalue weighted by Gasteiger charge is -2.06. The van der Waals surface area contributed by atoms with Crippen LogP contribution in [0.15, 0.2) is 30.3 Å². The zero-order chi connectivity index (χ0) is 14.1. The van der Waals surface area contributed by atoms with Crippen LogP contribution in [0.4, 0.5) is 0 Å². The summed E-state index contributed by atoms with van der Waals surface area (Å²) in [5.41, 5.74) is 0. The van der Waals surface area contributed by atoms with E-state index in [4.69, 9.17) is 9.84 Å². The number of carbonyl (C=O) groups is 1. The van der Waals surface area contributed by atoms with Crippen LogP contribution >= 0.6 is 0 Å². The van der Waals surface area contributed by atoms with Crippen LogP contribution in [0.5, 0.6) is 5.75 Å². The van der Waals surface area contributed by atoms with Crippen molar-refractivity contribution >= 4 is 15.8 Å². The van der Waals surface area contributed by atoms with Crippen LogP contribution in [0.3, 0.4) is 0 Å². The van der Waals surface area contributed by atoms with Crippen LogP contribution in [0, 0.1) is 0 Å². The Balaban J connectivity index is 2.15. The minimum atomic E-state index is -3.26. The third-order valence-electron chi connectivity index (χ3n) is 2.49. The molecule has 0 aromatic heterocycles. The van der Waals surface area contributed by atoms with Gasteiger partial charge in [0.15, 0.2) is 9.84 Å².